The molecule has 0 aromatic carbocycles. The van der Waals surface area contributed by atoms with Gasteiger partial charge in [0.15, 0.2) is 0 Å². The summed E-state index contributed by atoms with van der Waals surface area (Å²) >= 11 is 0. The van der Waals surface area contributed by atoms with Crippen LogP contribution < -0.4 is 10.6 Å². The first-order valence-electron chi connectivity index (χ1n) is 3.98. The van der Waals surface area contributed by atoms with Crippen LogP contribution in [0.5, 0.6) is 0 Å². The summed E-state index contributed by atoms with van der Waals surface area (Å²) in [6.45, 7) is 0.523. The standard InChI is InChI=1S/C8H10N4O2/c9-3-1-7(13)11-5-6-12-8(14)2-4-10/h1-2,5-6H2,(H,11,13)(H,12,14). The zero-order chi connectivity index (χ0) is 10.8. The summed E-state index contributed by atoms with van der Waals surface area (Å²) < 4.78 is 0. The molecule has 0 spiro atoms. The second kappa shape index (κ2) is 7.56. The highest BCUT2D eigenvalue weighted by atomic mass is 16.2. The van der Waals surface area contributed by atoms with Crippen molar-refractivity contribution in [3.05, 3.63) is 0 Å². The topological polar surface area (TPSA) is 106 Å². The molecule has 0 aliphatic carbocycles. The third kappa shape index (κ3) is 6.62. The lowest BCUT2D eigenvalue weighted by Crippen LogP contribution is -2.34. The number of hydrogen-bond acceptors (Lipinski definition) is 4. The van der Waals surface area contributed by atoms with E-state index in [1.165, 1.54) is 0 Å². The molecule has 0 aromatic rings. The van der Waals surface area contributed by atoms with Gasteiger partial charge in [-0.25, -0.2) is 0 Å². The quantitative estimate of drug-likeness (QED) is 0.550. The van der Waals surface area contributed by atoms with Crippen LogP contribution >= 0.6 is 0 Å². The highest BCUT2D eigenvalue weighted by Crippen LogP contribution is 1.75. The average molecular weight is 194 g/mol. The van der Waals surface area contributed by atoms with Crippen molar-refractivity contribution in [3.63, 3.8) is 0 Å². The number of hydrogen-bond donors (Lipinski definition) is 2. The van der Waals surface area contributed by atoms with Crippen molar-refractivity contribution in [2.24, 2.45) is 0 Å². The molecule has 0 rings (SSSR count). The van der Waals surface area contributed by atoms with Crippen LogP contribution in [0.15, 0.2) is 0 Å². The molecule has 2 amide bonds. The van der Waals surface area contributed by atoms with E-state index >= 15 is 0 Å². The Labute approximate surface area is 81.5 Å². The van der Waals surface area contributed by atoms with Crippen LogP contribution in [0.25, 0.3) is 0 Å². The molecule has 6 nitrogen and oxygen atoms in total. The predicted octanol–water partition coefficient (Wildman–Crippen LogP) is -0.954. The van der Waals surface area contributed by atoms with E-state index in [1.54, 1.807) is 12.1 Å². The van der Waals surface area contributed by atoms with Gasteiger partial charge < -0.3 is 10.6 Å². The van der Waals surface area contributed by atoms with E-state index in [1.807, 2.05) is 0 Å². The van der Waals surface area contributed by atoms with Gasteiger partial charge in [-0.05, 0) is 0 Å². The Morgan fingerprint density at radius 1 is 0.929 bits per heavy atom. The molecular formula is C8H10N4O2. The van der Waals surface area contributed by atoms with Crippen LogP contribution in [0.1, 0.15) is 12.8 Å². The number of nitrogens with one attached hydrogen (secondary N) is 2. The smallest absolute Gasteiger partial charge is 0.234 e. The Bertz CT molecular complexity index is 257. The number of rotatable bonds is 5. The van der Waals surface area contributed by atoms with Crippen LogP contribution in [0.2, 0.25) is 0 Å². The van der Waals surface area contributed by atoms with Gasteiger partial charge in [0.2, 0.25) is 11.8 Å². The number of nitriles is 2. The van der Waals surface area contributed by atoms with Crippen molar-refractivity contribution >= 4 is 11.8 Å². The average Bonchev–Trinajstić information content (AvgIpc) is 2.13. The van der Waals surface area contributed by atoms with E-state index in [2.05, 4.69) is 10.6 Å². The van der Waals surface area contributed by atoms with Crippen LogP contribution in [-0.2, 0) is 9.59 Å². The molecule has 0 bridgehead atoms. The summed E-state index contributed by atoms with van der Waals surface area (Å²) in [5, 5.41) is 21.1. The van der Waals surface area contributed by atoms with E-state index in [0.29, 0.717) is 0 Å². The largest absolute Gasteiger partial charge is 0.353 e. The lowest BCUT2D eigenvalue weighted by Gasteiger charge is -2.03. The molecule has 0 aliphatic heterocycles. The summed E-state index contributed by atoms with van der Waals surface area (Å²) in [5.74, 6) is -0.746. The van der Waals surface area contributed by atoms with E-state index < -0.39 is 0 Å². The first kappa shape index (κ1) is 11.9. The molecule has 0 radical (unpaired) electrons. The van der Waals surface area contributed by atoms with Crippen molar-refractivity contribution in [2.45, 2.75) is 12.8 Å². The molecule has 0 heterocycles. The fraction of sp³-hybridized carbons (Fsp3) is 0.500. The summed E-state index contributed by atoms with van der Waals surface area (Å²) in [6, 6.07) is 3.39. The van der Waals surface area contributed by atoms with Gasteiger partial charge in [0.05, 0.1) is 12.1 Å². The molecule has 0 unspecified atom stereocenters. The first-order chi connectivity index (χ1) is 6.70. The molecule has 0 saturated heterocycles. The number of carbonyl (C=O) groups is 2. The highest BCUT2D eigenvalue weighted by Gasteiger charge is 2.00. The molecule has 14 heavy (non-hydrogen) atoms. The Balaban J connectivity index is 3.39. The molecule has 0 saturated carbocycles. The Morgan fingerprint density at radius 2 is 1.29 bits per heavy atom. The van der Waals surface area contributed by atoms with Crippen LogP contribution in [0.3, 0.4) is 0 Å². The van der Waals surface area contributed by atoms with E-state index in [9.17, 15) is 9.59 Å². The van der Waals surface area contributed by atoms with Crippen molar-refractivity contribution < 1.29 is 9.59 Å². The molecule has 0 aliphatic rings. The maximum absolute atomic E-state index is 10.7. The molecular weight excluding hydrogens is 184 g/mol. The van der Waals surface area contributed by atoms with Crippen molar-refractivity contribution in [1.29, 1.82) is 10.5 Å². The minimum atomic E-state index is -0.373. The number of amides is 2. The summed E-state index contributed by atoms with van der Waals surface area (Å²) in [4.78, 5) is 21.4. The molecule has 0 fully saturated rings. The third-order valence-electron chi connectivity index (χ3n) is 1.25. The zero-order valence-corrected chi connectivity index (χ0v) is 7.54. The zero-order valence-electron chi connectivity index (χ0n) is 7.54. The first-order valence-corrected chi connectivity index (χ1v) is 3.98. The van der Waals surface area contributed by atoms with E-state index in [0.717, 1.165) is 0 Å². The van der Waals surface area contributed by atoms with Gasteiger partial charge in [-0.15, -0.1) is 0 Å². The molecule has 2 N–H and O–H groups in total. The Morgan fingerprint density at radius 3 is 1.57 bits per heavy atom. The normalized spacial score (nSPS) is 8.14. The number of nitrogens with zero attached hydrogens (tertiary/aromatic N) is 2. The lowest BCUT2D eigenvalue weighted by atomic mass is 10.4. The van der Waals surface area contributed by atoms with Gasteiger partial charge in [0.1, 0.15) is 12.8 Å². The van der Waals surface area contributed by atoms with E-state index in [4.69, 9.17) is 10.5 Å². The Kier molecular flexibility index (Phi) is 6.44. The minimum Gasteiger partial charge on any atom is -0.353 e. The van der Waals surface area contributed by atoms with E-state index in [-0.39, 0.29) is 37.7 Å². The molecule has 0 atom stereocenters. The van der Waals surface area contributed by atoms with Crippen LogP contribution in [0.4, 0.5) is 0 Å². The van der Waals surface area contributed by atoms with Gasteiger partial charge in [-0.1, -0.05) is 0 Å². The van der Waals surface area contributed by atoms with Gasteiger partial charge >= 0.3 is 0 Å². The maximum Gasteiger partial charge on any atom is 0.234 e. The summed E-state index contributed by atoms with van der Waals surface area (Å²) in [7, 11) is 0. The van der Waals surface area contributed by atoms with Crippen LogP contribution in [-0.4, -0.2) is 24.9 Å². The number of carbonyl (C=O) groups excluding carboxylic acids is 2. The van der Waals surface area contributed by atoms with Crippen molar-refractivity contribution in [2.75, 3.05) is 13.1 Å². The van der Waals surface area contributed by atoms with Crippen LogP contribution in [0, 0.1) is 22.7 Å². The molecule has 74 valence electrons. The maximum atomic E-state index is 10.7. The second-order valence-corrected chi connectivity index (χ2v) is 2.37. The monoisotopic (exact) mass is 194 g/mol. The second-order valence-electron chi connectivity index (χ2n) is 2.37. The van der Waals surface area contributed by atoms with Gasteiger partial charge in [-0.2, -0.15) is 10.5 Å². The Hall–Kier alpha value is -2.08. The van der Waals surface area contributed by atoms with Gasteiger partial charge in [-0.3, -0.25) is 9.59 Å². The molecule has 0 aromatic heterocycles. The fourth-order valence-electron chi connectivity index (χ4n) is 0.672. The third-order valence-corrected chi connectivity index (χ3v) is 1.25. The fourth-order valence-corrected chi connectivity index (χ4v) is 0.672. The SMILES string of the molecule is N#CCC(=O)NCCNC(=O)CC#N. The minimum absolute atomic E-state index is 0.188. The predicted molar refractivity (Wildman–Crippen MR) is 46.5 cm³/mol. The molecule has 6 heteroatoms. The summed E-state index contributed by atoms with van der Waals surface area (Å²) in [6.07, 6.45) is -0.377. The summed E-state index contributed by atoms with van der Waals surface area (Å²) in [5.41, 5.74) is 0. The van der Waals surface area contributed by atoms with Crippen molar-refractivity contribution in [1.82, 2.24) is 10.6 Å². The highest BCUT2D eigenvalue weighted by molar-refractivity contribution is 5.79. The van der Waals surface area contributed by atoms with Gasteiger partial charge in [0, 0.05) is 13.1 Å². The lowest BCUT2D eigenvalue weighted by molar-refractivity contribution is -0.121. The van der Waals surface area contributed by atoms with Gasteiger partial charge in [0.25, 0.3) is 0 Å². The van der Waals surface area contributed by atoms with Crippen molar-refractivity contribution in [3.8, 4) is 12.1 Å².